The van der Waals surface area contributed by atoms with Crippen LogP contribution in [-0.2, 0) is 27.5 Å². The summed E-state index contributed by atoms with van der Waals surface area (Å²) in [5.74, 6) is -0.172. The van der Waals surface area contributed by atoms with Crippen LogP contribution in [0.4, 0.5) is 18.9 Å². The molecule has 0 atom stereocenters. The number of rotatable bonds is 7. The van der Waals surface area contributed by atoms with Crippen LogP contribution in [0.3, 0.4) is 0 Å². The summed E-state index contributed by atoms with van der Waals surface area (Å²) in [7, 11) is 2.98. The van der Waals surface area contributed by atoms with Gasteiger partial charge >= 0.3 is 6.18 Å². The first-order valence-corrected chi connectivity index (χ1v) is 11.7. The number of carbonyl (C=O) groups is 2. The zero-order chi connectivity index (χ0) is 26.4. The van der Waals surface area contributed by atoms with E-state index in [4.69, 9.17) is 9.47 Å². The van der Waals surface area contributed by atoms with Crippen molar-refractivity contribution in [2.45, 2.75) is 30.9 Å². The lowest BCUT2D eigenvalue weighted by molar-refractivity contribution is -0.142. The Balaban J connectivity index is 1.47. The second kappa shape index (κ2) is 9.22. The lowest BCUT2D eigenvalue weighted by Crippen LogP contribution is -2.39. The Morgan fingerprint density at radius 2 is 1.70 bits per heavy atom. The van der Waals surface area contributed by atoms with E-state index in [1.807, 2.05) is 0 Å². The van der Waals surface area contributed by atoms with E-state index in [-0.39, 0.29) is 36.9 Å². The van der Waals surface area contributed by atoms with Crippen molar-refractivity contribution in [3.05, 3.63) is 71.0 Å². The number of halogens is 3. The van der Waals surface area contributed by atoms with Gasteiger partial charge in [0.1, 0.15) is 18.2 Å². The number of hydrogen-bond acceptors (Lipinski definition) is 5. The molecule has 37 heavy (non-hydrogen) atoms. The Hall–Kier alpha value is -3.86. The predicted octanol–water partition coefficient (Wildman–Crippen LogP) is 3.85. The first kappa shape index (κ1) is 24.8. The van der Waals surface area contributed by atoms with Gasteiger partial charge in [0.05, 0.1) is 18.2 Å². The summed E-state index contributed by atoms with van der Waals surface area (Å²) in [6.07, 6.45) is -3.30. The monoisotopic (exact) mass is 514 g/mol. The van der Waals surface area contributed by atoms with Gasteiger partial charge in [0.15, 0.2) is 5.69 Å². The highest BCUT2D eigenvalue weighted by Gasteiger charge is 2.51. The van der Waals surface area contributed by atoms with Crippen molar-refractivity contribution in [2.75, 3.05) is 32.4 Å². The minimum atomic E-state index is -4.70. The molecule has 5 rings (SSSR count). The number of methoxy groups -OCH3 is 2. The minimum absolute atomic E-state index is 0.00279. The molecule has 2 heterocycles. The van der Waals surface area contributed by atoms with Crippen molar-refractivity contribution in [2.24, 2.45) is 0 Å². The maximum absolute atomic E-state index is 13.8. The van der Waals surface area contributed by atoms with Gasteiger partial charge in [0.25, 0.3) is 5.91 Å². The highest BCUT2D eigenvalue weighted by molar-refractivity contribution is 6.07. The van der Waals surface area contributed by atoms with Crippen LogP contribution in [0.15, 0.2) is 48.5 Å². The van der Waals surface area contributed by atoms with Gasteiger partial charge in [-0.05, 0) is 61.2 Å². The third kappa shape index (κ3) is 4.33. The summed E-state index contributed by atoms with van der Waals surface area (Å²) in [6.45, 7) is 0.188. The second-order valence-corrected chi connectivity index (χ2v) is 9.06. The van der Waals surface area contributed by atoms with E-state index in [0.717, 1.165) is 10.2 Å². The normalized spacial score (nSPS) is 16.4. The molecule has 2 amide bonds. The van der Waals surface area contributed by atoms with Crippen molar-refractivity contribution < 1.29 is 32.2 Å². The number of amides is 2. The summed E-state index contributed by atoms with van der Waals surface area (Å²) in [6, 6.07) is 13.3. The van der Waals surface area contributed by atoms with Crippen LogP contribution in [-0.4, -0.2) is 49.1 Å². The molecule has 0 unspecified atom stereocenters. The van der Waals surface area contributed by atoms with Crippen LogP contribution in [0.5, 0.6) is 5.75 Å². The first-order chi connectivity index (χ1) is 17.7. The molecule has 1 N–H and O–H groups in total. The number of aromatic nitrogens is 2. The fourth-order valence-electron chi connectivity index (χ4n) is 4.78. The van der Waals surface area contributed by atoms with Gasteiger partial charge in [-0.15, -0.1) is 0 Å². The van der Waals surface area contributed by atoms with E-state index < -0.39 is 23.2 Å². The summed E-state index contributed by atoms with van der Waals surface area (Å²) >= 11 is 0. The lowest BCUT2D eigenvalue weighted by atomic mass is 9.94. The molecule has 1 aliphatic heterocycles. The fourth-order valence-corrected chi connectivity index (χ4v) is 4.78. The van der Waals surface area contributed by atoms with Crippen LogP contribution < -0.4 is 15.0 Å². The Labute approximate surface area is 211 Å². The molecule has 2 aromatic carbocycles. The van der Waals surface area contributed by atoms with Crippen LogP contribution >= 0.6 is 0 Å². The average molecular weight is 515 g/mol. The summed E-state index contributed by atoms with van der Waals surface area (Å²) in [4.78, 5) is 27.6. The number of benzene rings is 2. The third-order valence-corrected chi connectivity index (χ3v) is 6.90. The minimum Gasteiger partial charge on any atom is -0.497 e. The molecule has 194 valence electrons. The SMILES string of the molecule is COCNC(=O)C1(c2ccc(N3CCc4c(C(F)(F)F)nn(-c5ccc(OC)cc5)c4C3=O)cc2)CC1. The number of carbonyl (C=O) groups excluding carboxylic acids is 2. The Bertz CT molecular complexity index is 1330. The zero-order valence-electron chi connectivity index (χ0n) is 20.3. The summed E-state index contributed by atoms with van der Waals surface area (Å²) in [5.41, 5.74) is -0.250. The highest BCUT2D eigenvalue weighted by Crippen LogP contribution is 2.49. The lowest BCUT2D eigenvalue weighted by Gasteiger charge is -2.28. The third-order valence-electron chi connectivity index (χ3n) is 6.90. The topological polar surface area (TPSA) is 85.7 Å². The van der Waals surface area contributed by atoms with E-state index in [1.54, 1.807) is 48.5 Å². The molecule has 2 aliphatic rings. The number of hydrogen-bond donors (Lipinski definition) is 1. The molecule has 3 aromatic rings. The summed E-state index contributed by atoms with van der Waals surface area (Å²) in [5, 5.41) is 6.55. The molecule has 0 saturated heterocycles. The molecule has 0 spiro atoms. The van der Waals surface area contributed by atoms with Gasteiger partial charge in [-0.2, -0.15) is 18.3 Å². The van der Waals surface area contributed by atoms with Crippen molar-refractivity contribution >= 4 is 17.5 Å². The van der Waals surface area contributed by atoms with Crippen molar-refractivity contribution in [1.82, 2.24) is 15.1 Å². The fraction of sp³-hybridized carbons (Fsp3) is 0.346. The highest BCUT2D eigenvalue weighted by atomic mass is 19.4. The number of nitrogens with one attached hydrogen (secondary N) is 1. The number of alkyl halides is 3. The Morgan fingerprint density at radius 3 is 2.27 bits per heavy atom. The summed E-state index contributed by atoms with van der Waals surface area (Å²) < 4.78 is 52.6. The van der Waals surface area contributed by atoms with Gasteiger partial charge in [0.2, 0.25) is 5.91 Å². The molecule has 1 aliphatic carbocycles. The number of nitrogens with zero attached hydrogens (tertiary/aromatic N) is 3. The van der Waals surface area contributed by atoms with Gasteiger partial charge in [0, 0.05) is 24.9 Å². The van der Waals surface area contributed by atoms with Crippen LogP contribution in [0.25, 0.3) is 5.69 Å². The van der Waals surface area contributed by atoms with Gasteiger partial charge < -0.3 is 19.7 Å². The molecular formula is C26H25F3N4O4. The van der Waals surface area contributed by atoms with E-state index in [1.165, 1.54) is 19.1 Å². The number of fused-ring (bicyclic) bond motifs is 1. The van der Waals surface area contributed by atoms with Gasteiger partial charge in [-0.25, -0.2) is 4.68 Å². The average Bonchev–Trinajstić information content (AvgIpc) is 3.61. The predicted molar refractivity (Wildman–Crippen MR) is 128 cm³/mol. The maximum Gasteiger partial charge on any atom is 0.435 e. The standard InChI is InChI=1S/C26H25F3N4O4/c1-36-15-30-24(35)25(12-13-25)16-3-5-17(6-4-16)32-14-11-20-21(23(32)34)33(31-22(20)26(27,28)29)18-7-9-19(37-2)10-8-18/h3-10H,11-15H2,1-2H3,(H,30,35). The molecular weight excluding hydrogens is 489 g/mol. The smallest absolute Gasteiger partial charge is 0.435 e. The van der Waals surface area contributed by atoms with Crippen LogP contribution in [0.1, 0.15) is 40.2 Å². The Kier molecular flexibility index (Phi) is 6.18. The van der Waals surface area contributed by atoms with E-state index in [0.29, 0.717) is 30.0 Å². The Morgan fingerprint density at radius 1 is 1.05 bits per heavy atom. The zero-order valence-corrected chi connectivity index (χ0v) is 20.3. The van der Waals surface area contributed by atoms with Crippen molar-refractivity contribution in [3.63, 3.8) is 0 Å². The maximum atomic E-state index is 13.8. The van der Waals surface area contributed by atoms with Crippen molar-refractivity contribution in [1.29, 1.82) is 0 Å². The molecule has 8 nitrogen and oxygen atoms in total. The molecule has 1 fully saturated rings. The van der Waals surface area contributed by atoms with E-state index in [9.17, 15) is 22.8 Å². The molecule has 1 saturated carbocycles. The van der Waals surface area contributed by atoms with Crippen LogP contribution in [0.2, 0.25) is 0 Å². The largest absolute Gasteiger partial charge is 0.497 e. The van der Waals surface area contributed by atoms with E-state index in [2.05, 4.69) is 10.4 Å². The van der Waals surface area contributed by atoms with Crippen LogP contribution in [0, 0.1) is 0 Å². The van der Waals surface area contributed by atoms with Gasteiger partial charge in [-0.3, -0.25) is 9.59 Å². The second-order valence-electron chi connectivity index (χ2n) is 9.06. The molecule has 0 bridgehead atoms. The quantitative estimate of drug-likeness (QED) is 0.484. The number of anilines is 1. The van der Waals surface area contributed by atoms with Gasteiger partial charge in [-0.1, -0.05) is 12.1 Å². The van der Waals surface area contributed by atoms with Crippen molar-refractivity contribution in [3.8, 4) is 11.4 Å². The molecule has 0 radical (unpaired) electrons. The molecule has 11 heteroatoms. The molecule has 1 aromatic heterocycles. The number of ether oxygens (including phenoxy) is 2. The van der Waals surface area contributed by atoms with E-state index >= 15 is 0 Å². The first-order valence-electron chi connectivity index (χ1n) is 11.7.